The van der Waals surface area contributed by atoms with Gasteiger partial charge in [0.15, 0.2) is 0 Å². The second-order valence-electron chi connectivity index (χ2n) is 5.85. The third kappa shape index (κ3) is 3.23. The van der Waals surface area contributed by atoms with Gasteiger partial charge in [-0.15, -0.1) is 0 Å². The summed E-state index contributed by atoms with van der Waals surface area (Å²) in [7, 11) is 0. The Morgan fingerprint density at radius 3 is 2.54 bits per heavy atom. The van der Waals surface area contributed by atoms with Crippen molar-refractivity contribution in [1.29, 1.82) is 0 Å². The van der Waals surface area contributed by atoms with E-state index in [9.17, 15) is 10.1 Å². The zero-order chi connectivity index (χ0) is 17.9. The molecule has 1 N–H and O–H groups in total. The Labute approximate surface area is 149 Å². The summed E-state index contributed by atoms with van der Waals surface area (Å²) in [5.74, 6) is 0.316. The van der Waals surface area contributed by atoms with Crippen LogP contribution in [0.25, 0.3) is 10.9 Å². The number of nitrogens with one attached hydrogen (secondary N) is 1. The quantitative estimate of drug-likeness (QED) is 0.434. The molecule has 7 nitrogen and oxygen atoms in total. The van der Waals surface area contributed by atoms with Crippen LogP contribution in [0.5, 0.6) is 0 Å². The second-order valence-corrected chi connectivity index (χ2v) is 5.85. The fraction of sp³-hybridized carbons (Fsp3) is 0.0526. The summed E-state index contributed by atoms with van der Waals surface area (Å²) in [5.41, 5.74) is 2.99. The Kier molecular flexibility index (Phi) is 4.03. The van der Waals surface area contributed by atoms with Crippen molar-refractivity contribution < 1.29 is 4.92 Å². The maximum absolute atomic E-state index is 10.7. The summed E-state index contributed by atoms with van der Waals surface area (Å²) < 4.78 is 2.17. The molecule has 7 heteroatoms. The van der Waals surface area contributed by atoms with Gasteiger partial charge in [0.2, 0.25) is 5.95 Å². The SMILES string of the molecule is O=[N+]([O-])c1cnc(Nc2ccc3ccn(Cc4ccccc4)c3c2)nc1. The molecule has 26 heavy (non-hydrogen) atoms. The third-order valence-corrected chi connectivity index (χ3v) is 4.07. The number of anilines is 2. The van der Waals surface area contributed by atoms with E-state index in [2.05, 4.69) is 44.2 Å². The number of hydrogen-bond donors (Lipinski definition) is 1. The van der Waals surface area contributed by atoms with Gasteiger partial charge in [-0.3, -0.25) is 10.1 Å². The van der Waals surface area contributed by atoms with Crippen molar-refractivity contribution in [1.82, 2.24) is 14.5 Å². The summed E-state index contributed by atoms with van der Waals surface area (Å²) in [6.45, 7) is 0.780. The van der Waals surface area contributed by atoms with E-state index in [0.29, 0.717) is 5.95 Å². The predicted molar refractivity (Wildman–Crippen MR) is 99.5 cm³/mol. The average molecular weight is 345 g/mol. The zero-order valence-corrected chi connectivity index (χ0v) is 13.7. The molecule has 128 valence electrons. The average Bonchev–Trinajstić information content (AvgIpc) is 3.05. The first-order valence-electron chi connectivity index (χ1n) is 8.05. The molecule has 0 bridgehead atoms. The van der Waals surface area contributed by atoms with Crippen LogP contribution in [0, 0.1) is 10.1 Å². The van der Waals surface area contributed by atoms with Gasteiger partial charge in [-0.25, -0.2) is 9.97 Å². The normalized spacial score (nSPS) is 10.8. The Morgan fingerprint density at radius 1 is 1.04 bits per heavy atom. The van der Waals surface area contributed by atoms with E-state index in [0.717, 1.165) is 23.1 Å². The highest BCUT2D eigenvalue weighted by Gasteiger charge is 2.08. The highest BCUT2D eigenvalue weighted by Crippen LogP contribution is 2.23. The van der Waals surface area contributed by atoms with Crippen molar-refractivity contribution in [2.24, 2.45) is 0 Å². The number of hydrogen-bond acceptors (Lipinski definition) is 5. The molecule has 0 amide bonds. The highest BCUT2D eigenvalue weighted by molar-refractivity contribution is 5.84. The molecule has 0 unspecified atom stereocenters. The molecule has 2 aromatic heterocycles. The first-order chi connectivity index (χ1) is 12.7. The van der Waals surface area contributed by atoms with Gasteiger partial charge in [-0.2, -0.15) is 0 Å². The molecule has 2 aromatic carbocycles. The van der Waals surface area contributed by atoms with E-state index in [-0.39, 0.29) is 5.69 Å². The molecule has 0 atom stereocenters. The fourth-order valence-electron chi connectivity index (χ4n) is 2.79. The molecule has 4 rings (SSSR count). The Bertz CT molecular complexity index is 1060. The van der Waals surface area contributed by atoms with E-state index in [1.807, 2.05) is 36.4 Å². The molecule has 0 saturated carbocycles. The van der Waals surface area contributed by atoms with E-state index < -0.39 is 4.92 Å². The molecular weight excluding hydrogens is 330 g/mol. The minimum atomic E-state index is -0.522. The standard InChI is InChI=1S/C19H15N5O2/c25-24(26)17-11-20-19(21-12-17)22-16-7-6-15-8-9-23(18(15)10-16)13-14-4-2-1-3-5-14/h1-12H,13H2,(H,20,21,22). The number of fused-ring (bicyclic) bond motifs is 1. The molecule has 4 aromatic rings. The summed E-state index contributed by atoms with van der Waals surface area (Å²) >= 11 is 0. The minimum absolute atomic E-state index is 0.136. The monoisotopic (exact) mass is 345 g/mol. The maximum atomic E-state index is 10.7. The largest absolute Gasteiger partial charge is 0.343 e. The van der Waals surface area contributed by atoms with Crippen LogP contribution < -0.4 is 5.32 Å². The van der Waals surface area contributed by atoms with Gasteiger partial charge in [0.05, 0.1) is 10.4 Å². The summed E-state index contributed by atoms with van der Waals surface area (Å²) in [5, 5.41) is 14.9. The summed E-state index contributed by atoms with van der Waals surface area (Å²) in [6, 6.07) is 18.3. The van der Waals surface area contributed by atoms with E-state index >= 15 is 0 Å². The molecule has 0 radical (unpaired) electrons. The smallest absolute Gasteiger partial charge is 0.305 e. The minimum Gasteiger partial charge on any atom is -0.343 e. The molecule has 0 aliphatic heterocycles. The maximum Gasteiger partial charge on any atom is 0.305 e. The summed E-state index contributed by atoms with van der Waals surface area (Å²) in [4.78, 5) is 18.1. The Hall–Kier alpha value is -3.74. The Morgan fingerprint density at radius 2 is 1.81 bits per heavy atom. The van der Waals surface area contributed by atoms with Crippen LogP contribution in [0.4, 0.5) is 17.3 Å². The van der Waals surface area contributed by atoms with Crippen molar-refractivity contribution in [2.45, 2.75) is 6.54 Å². The number of nitro groups is 1. The van der Waals surface area contributed by atoms with Crippen molar-refractivity contribution >= 4 is 28.2 Å². The van der Waals surface area contributed by atoms with Gasteiger partial charge in [0, 0.05) is 18.4 Å². The molecule has 2 heterocycles. The van der Waals surface area contributed by atoms with Crippen LogP contribution in [0.2, 0.25) is 0 Å². The number of nitrogens with zero attached hydrogens (tertiary/aromatic N) is 4. The first kappa shape index (κ1) is 15.8. The fourth-order valence-corrected chi connectivity index (χ4v) is 2.79. The topological polar surface area (TPSA) is 85.9 Å². The first-order valence-corrected chi connectivity index (χ1v) is 8.05. The van der Waals surface area contributed by atoms with E-state index in [1.54, 1.807) is 0 Å². The van der Waals surface area contributed by atoms with E-state index in [1.165, 1.54) is 18.0 Å². The lowest BCUT2D eigenvalue weighted by molar-refractivity contribution is -0.385. The van der Waals surface area contributed by atoms with Crippen molar-refractivity contribution in [3.63, 3.8) is 0 Å². The van der Waals surface area contributed by atoms with Crippen LogP contribution >= 0.6 is 0 Å². The molecule has 0 aliphatic carbocycles. The molecule has 0 aliphatic rings. The number of benzene rings is 2. The van der Waals surface area contributed by atoms with Gasteiger partial charge in [-0.1, -0.05) is 36.4 Å². The van der Waals surface area contributed by atoms with Crippen LogP contribution in [0.15, 0.2) is 73.2 Å². The lowest BCUT2D eigenvalue weighted by atomic mass is 10.2. The van der Waals surface area contributed by atoms with E-state index in [4.69, 9.17) is 0 Å². The number of rotatable bonds is 5. The Balaban J connectivity index is 1.60. The molecular formula is C19H15N5O2. The zero-order valence-electron chi connectivity index (χ0n) is 13.7. The van der Waals surface area contributed by atoms with Crippen LogP contribution in [-0.2, 0) is 6.54 Å². The summed E-state index contributed by atoms with van der Waals surface area (Å²) in [6.07, 6.45) is 4.43. The lowest BCUT2D eigenvalue weighted by Crippen LogP contribution is -2.00. The van der Waals surface area contributed by atoms with Crippen LogP contribution in [0.3, 0.4) is 0 Å². The van der Waals surface area contributed by atoms with Crippen molar-refractivity contribution in [2.75, 3.05) is 5.32 Å². The van der Waals surface area contributed by atoms with Crippen LogP contribution in [-0.4, -0.2) is 19.5 Å². The molecule has 0 spiro atoms. The van der Waals surface area contributed by atoms with Gasteiger partial charge < -0.3 is 9.88 Å². The highest BCUT2D eigenvalue weighted by atomic mass is 16.6. The van der Waals surface area contributed by atoms with Crippen molar-refractivity contribution in [3.05, 3.63) is 88.9 Å². The van der Waals surface area contributed by atoms with Gasteiger partial charge in [0.1, 0.15) is 12.4 Å². The van der Waals surface area contributed by atoms with Gasteiger partial charge in [0.25, 0.3) is 0 Å². The molecule has 0 saturated heterocycles. The van der Waals surface area contributed by atoms with Crippen molar-refractivity contribution in [3.8, 4) is 0 Å². The second kappa shape index (κ2) is 6.64. The van der Waals surface area contributed by atoms with Gasteiger partial charge in [-0.05, 0) is 29.1 Å². The lowest BCUT2D eigenvalue weighted by Gasteiger charge is -2.08. The van der Waals surface area contributed by atoms with Gasteiger partial charge >= 0.3 is 5.69 Å². The third-order valence-electron chi connectivity index (χ3n) is 4.07. The predicted octanol–water partition coefficient (Wildman–Crippen LogP) is 4.13. The van der Waals surface area contributed by atoms with Crippen LogP contribution in [0.1, 0.15) is 5.56 Å². The number of aromatic nitrogens is 3. The molecule has 0 fully saturated rings.